The van der Waals surface area contributed by atoms with Gasteiger partial charge < -0.3 is 5.32 Å². The Morgan fingerprint density at radius 3 is 2.85 bits per heavy atom. The molecule has 1 N–H and O–H groups in total. The van der Waals surface area contributed by atoms with Gasteiger partial charge in [0.05, 0.1) is 6.04 Å². The summed E-state index contributed by atoms with van der Waals surface area (Å²) < 4.78 is 3.64. The lowest BCUT2D eigenvalue weighted by Crippen LogP contribution is -2.28. The number of hydrogen-bond donors (Lipinski definition) is 1. The van der Waals surface area contributed by atoms with E-state index < -0.39 is 0 Å². The SMILES string of the molecule is Cc1cc(NC(C)C(C)n2cccn2)n2ncnc2n1. The third kappa shape index (κ3) is 2.22. The topological polar surface area (TPSA) is 72.9 Å². The lowest BCUT2D eigenvalue weighted by Gasteiger charge is -2.23. The molecule has 7 nitrogen and oxygen atoms in total. The van der Waals surface area contributed by atoms with E-state index in [0.717, 1.165) is 11.5 Å². The molecule has 104 valence electrons. The van der Waals surface area contributed by atoms with Crippen molar-refractivity contribution in [1.82, 2.24) is 29.4 Å². The van der Waals surface area contributed by atoms with Crippen LogP contribution in [0.1, 0.15) is 25.6 Å². The van der Waals surface area contributed by atoms with E-state index in [1.165, 1.54) is 6.33 Å². The summed E-state index contributed by atoms with van der Waals surface area (Å²) in [4.78, 5) is 8.46. The Morgan fingerprint density at radius 1 is 1.25 bits per heavy atom. The van der Waals surface area contributed by atoms with Crippen molar-refractivity contribution >= 4 is 11.6 Å². The molecule has 0 radical (unpaired) electrons. The van der Waals surface area contributed by atoms with Gasteiger partial charge in [-0.05, 0) is 26.8 Å². The molecule has 0 aromatic carbocycles. The number of anilines is 1. The van der Waals surface area contributed by atoms with Crippen LogP contribution in [0.25, 0.3) is 5.78 Å². The highest BCUT2D eigenvalue weighted by Gasteiger charge is 2.16. The van der Waals surface area contributed by atoms with Gasteiger partial charge in [-0.3, -0.25) is 4.68 Å². The maximum absolute atomic E-state index is 4.33. The summed E-state index contributed by atoms with van der Waals surface area (Å²) in [5.41, 5.74) is 0.909. The molecule has 0 bridgehead atoms. The Labute approximate surface area is 116 Å². The van der Waals surface area contributed by atoms with E-state index in [2.05, 4.69) is 39.3 Å². The molecular weight excluding hydrogens is 254 g/mol. The molecule has 0 aliphatic heterocycles. The first-order valence-corrected chi connectivity index (χ1v) is 6.58. The number of aryl methyl sites for hydroxylation is 1. The van der Waals surface area contributed by atoms with Gasteiger partial charge in [-0.25, -0.2) is 4.98 Å². The summed E-state index contributed by atoms with van der Waals surface area (Å²) in [5, 5.41) is 11.9. The first kappa shape index (κ1) is 12.6. The van der Waals surface area contributed by atoms with Crippen molar-refractivity contribution < 1.29 is 0 Å². The molecular formula is C13H17N7. The van der Waals surface area contributed by atoms with E-state index in [1.807, 2.05) is 29.9 Å². The molecule has 0 aliphatic carbocycles. The van der Waals surface area contributed by atoms with Crippen LogP contribution < -0.4 is 5.32 Å². The van der Waals surface area contributed by atoms with Crippen molar-refractivity contribution in [1.29, 1.82) is 0 Å². The van der Waals surface area contributed by atoms with E-state index >= 15 is 0 Å². The van der Waals surface area contributed by atoms with E-state index in [1.54, 1.807) is 10.7 Å². The zero-order chi connectivity index (χ0) is 14.1. The van der Waals surface area contributed by atoms with Gasteiger partial charge in [0.25, 0.3) is 5.78 Å². The minimum absolute atomic E-state index is 0.184. The highest BCUT2D eigenvalue weighted by Crippen LogP contribution is 2.16. The number of fused-ring (bicyclic) bond motifs is 1. The van der Waals surface area contributed by atoms with Gasteiger partial charge in [-0.15, -0.1) is 0 Å². The van der Waals surface area contributed by atoms with E-state index in [0.29, 0.717) is 5.78 Å². The zero-order valence-corrected chi connectivity index (χ0v) is 11.7. The fraction of sp³-hybridized carbons (Fsp3) is 0.385. The second-order valence-corrected chi connectivity index (χ2v) is 4.91. The fourth-order valence-electron chi connectivity index (χ4n) is 2.14. The van der Waals surface area contributed by atoms with Crippen molar-refractivity contribution in [2.45, 2.75) is 32.9 Å². The van der Waals surface area contributed by atoms with Gasteiger partial charge in [-0.2, -0.15) is 19.7 Å². The minimum Gasteiger partial charge on any atom is -0.365 e. The monoisotopic (exact) mass is 271 g/mol. The number of hydrogen-bond acceptors (Lipinski definition) is 5. The number of nitrogens with one attached hydrogen (secondary N) is 1. The summed E-state index contributed by atoms with van der Waals surface area (Å²) in [5.74, 6) is 1.49. The molecule has 3 aromatic rings. The van der Waals surface area contributed by atoms with Gasteiger partial charge in [-0.1, -0.05) is 0 Å². The van der Waals surface area contributed by atoms with Gasteiger partial charge >= 0.3 is 0 Å². The Morgan fingerprint density at radius 2 is 2.10 bits per heavy atom. The normalized spacial score (nSPS) is 14.3. The third-order valence-electron chi connectivity index (χ3n) is 3.42. The van der Waals surface area contributed by atoms with Crippen LogP contribution >= 0.6 is 0 Å². The summed E-state index contributed by atoms with van der Waals surface area (Å²) >= 11 is 0. The van der Waals surface area contributed by atoms with Crippen molar-refractivity contribution in [3.63, 3.8) is 0 Å². The fourth-order valence-corrected chi connectivity index (χ4v) is 2.14. The maximum atomic E-state index is 4.33. The van der Waals surface area contributed by atoms with Crippen LogP contribution in [0.2, 0.25) is 0 Å². The molecule has 0 spiro atoms. The Kier molecular flexibility index (Phi) is 3.09. The lowest BCUT2D eigenvalue weighted by atomic mass is 10.2. The van der Waals surface area contributed by atoms with Crippen molar-refractivity contribution in [3.8, 4) is 0 Å². The van der Waals surface area contributed by atoms with Crippen molar-refractivity contribution in [3.05, 3.63) is 36.5 Å². The average molecular weight is 271 g/mol. The Bertz CT molecular complexity index is 701. The Hall–Kier alpha value is -2.44. The van der Waals surface area contributed by atoms with E-state index in [-0.39, 0.29) is 12.1 Å². The summed E-state index contributed by atoms with van der Waals surface area (Å²) in [6.45, 7) is 6.18. The average Bonchev–Trinajstić information content (AvgIpc) is 3.08. The second-order valence-electron chi connectivity index (χ2n) is 4.91. The quantitative estimate of drug-likeness (QED) is 0.781. The second kappa shape index (κ2) is 4.92. The van der Waals surface area contributed by atoms with Crippen LogP contribution in [0.5, 0.6) is 0 Å². The Balaban J connectivity index is 1.87. The standard InChI is InChI=1S/C13H17N7/c1-9-7-12(20-13(17-9)14-8-16-20)18-10(2)11(3)19-6-4-5-15-19/h4-8,10-11,18H,1-3H3. The third-order valence-corrected chi connectivity index (χ3v) is 3.42. The van der Waals surface area contributed by atoms with E-state index in [4.69, 9.17) is 0 Å². The van der Waals surface area contributed by atoms with Gasteiger partial charge in [0.1, 0.15) is 12.1 Å². The highest BCUT2D eigenvalue weighted by molar-refractivity contribution is 5.45. The minimum atomic E-state index is 0.184. The smallest absolute Gasteiger partial charge is 0.254 e. The molecule has 0 aliphatic rings. The lowest BCUT2D eigenvalue weighted by molar-refractivity contribution is 0.442. The molecule has 7 heteroatoms. The van der Waals surface area contributed by atoms with E-state index in [9.17, 15) is 0 Å². The van der Waals surface area contributed by atoms with Gasteiger partial charge in [0.15, 0.2) is 0 Å². The maximum Gasteiger partial charge on any atom is 0.254 e. The molecule has 0 amide bonds. The number of aromatic nitrogens is 6. The van der Waals surface area contributed by atoms with Crippen LogP contribution in [0.4, 0.5) is 5.82 Å². The predicted octanol–water partition coefficient (Wildman–Crippen LogP) is 1.69. The molecule has 20 heavy (non-hydrogen) atoms. The summed E-state index contributed by atoms with van der Waals surface area (Å²) in [6.07, 6.45) is 5.26. The zero-order valence-electron chi connectivity index (χ0n) is 11.7. The van der Waals surface area contributed by atoms with Gasteiger partial charge in [0, 0.05) is 30.2 Å². The van der Waals surface area contributed by atoms with Crippen molar-refractivity contribution in [2.24, 2.45) is 0 Å². The van der Waals surface area contributed by atoms with Crippen molar-refractivity contribution in [2.75, 3.05) is 5.32 Å². The first-order valence-electron chi connectivity index (χ1n) is 6.58. The number of rotatable bonds is 4. The predicted molar refractivity (Wildman–Crippen MR) is 75.5 cm³/mol. The molecule has 2 unspecified atom stereocenters. The summed E-state index contributed by atoms with van der Waals surface area (Å²) in [6, 6.07) is 4.30. The molecule has 0 fully saturated rings. The molecule has 3 rings (SSSR count). The van der Waals surface area contributed by atoms with Gasteiger partial charge in [0.2, 0.25) is 0 Å². The highest BCUT2D eigenvalue weighted by atomic mass is 15.4. The van der Waals surface area contributed by atoms with Crippen LogP contribution in [0.15, 0.2) is 30.9 Å². The molecule has 2 atom stereocenters. The largest absolute Gasteiger partial charge is 0.365 e. The van der Waals surface area contributed by atoms with Crippen LogP contribution in [-0.4, -0.2) is 35.4 Å². The number of nitrogens with zero attached hydrogens (tertiary/aromatic N) is 6. The molecule has 3 heterocycles. The van der Waals surface area contributed by atoms with Crippen LogP contribution in [-0.2, 0) is 0 Å². The van der Waals surface area contributed by atoms with Crippen LogP contribution in [0.3, 0.4) is 0 Å². The van der Waals surface area contributed by atoms with Crippen LogP contribution in [0, 0.1) is 6.92 Å². The first-order chi connectivity index (χ1) is 9.65. The molecule has 0 saturated carbocycles. The molecule has 3 aromatic heterocycles. The molecule has 0 saturated heterocycles. The summed E-state index contributed by atoms with van der Waals surface area (Å²) in [7, 11) is 0.